The average molecular weight is 285 g/mol. The Kier molecular flexibility index (Phi) is 5.20. The van der Waals surface area contributed by atoms with Crippen LogP contribution >= 0.6 is 12.4 Å². The summed E-state index contributed by atoms with van der Waals surface area (Å²) in [5, 5.41) is 3.09. The molecule has 0 spiro atoms. The van der Waals surface area contributed by atoms with Crippen LogP contribution in [-0.2, 0) is 10.3 Å². The molecule has 1 saturated carbocycles. The standard InChI is InChI=1S/C14H20N2O2.ClH/c1-10(15)9-13(17)16-14(7-8-14)11-3-5-12(18-2)6-4-11;/h3-6,10H,7-9,15H2,1-2H3,(H,16,17);1H. The molecule has 1 unspecified atom stereocenters. The third-order valence-electron chi connectivity index (χ3n) is 3.28. The van der Waals surface area contributed by atoms with E-state index in [0.29, 0.717) is 6.42 Å². The van der Waals surface area contributed by atoms with E-state index >= 15 is 0 Å². The van der Waals surface area contributed by atoms with Crippen LogP contribution in [0.15, 0.2) is 24.3 Å². The van der Waals surface area contributed by atoms with Crippen LogP contribution in [0, 0.1) is 0 Å². The van der Waals surface area contributed by atoms with Gasteiger partial charge in [-0.1, -0.05) is 12.1 Å². The van der Waals surface area contributed by atoms with Gasteiger partial charge in [0.25, 0.3) is 0 Å². The van der Waals surface area contributed by atoms with Crippen LogP contribution in [-0.4, -0.2) is 19.1 Å². The first-order valence-corrected chi connectivity index (χ1v) is 6.27. The molecule has 0 radical (unpaired) electrons. The van der Waals surface area contributed by atoms with Crippen LogP contribution in [0.2, 0.25) is 0 Å². The Bertz CT molecular complexity index is 428. The summed E-state index contributed by atoms with van der Waals surface area (Å²) < 4.78 is 5.13. The van der Waals surface area contributed by atoms with Crippen molar-refractivity contribution in [1.29, 1.82) is 0 Å². The van der Waals surface area contributed by atoms with Gasteiger partial charge in [0.15, 0.2) is 0 Å². The van der Waals surface area contributed by atoms with E-state index in [9.17, 15) is 4.79 Å². The van der Waals surface area contributed by atoms with Gasteiger partial charge in [0.2, 0.25) is 5.91 Å². The van der Waals surface area contributed by atoms with Crippen LogP contribution < -0.4 is 15.8 Å². The van der Waals surface area contributed by atoms with Crippen LogP contribution in [0.3, 0.4) is 0 Å². The van der Waals surface area contributed by atoms with E-state index in [-0.39, 0.29) is 29.9 Å². The van der Waals surface area contributed by atoms with Crippen molar-refractivity contribution in [3.05, 3.63) is 29.8 Å². The lowest BCUT2D eigenvalue weighted by Crippen LogP contribution is -2.37. The number of benzene rings is 1. The van der Waals surface area contributed by atoms with Crippen molar-refractivity contribution in [2.24, 2.45) is 5.73 Å². The van der Waals surface area contributed by atoms with E-state index < -0.39 is 0 Å². The molecule has 4 nitrogen and oxygen atoms in total. The lowest BCUT2D eigenvalue weighted by molar-refractivity contribution is -0.122. The molecule has 3 N–H and O–H groups in total. The second kappa shape index (κ2) is 6.26. The summed E-state index contributed by atoms with van der Waals surface area (Å²) in [6, 6.07) is 7.77. The Morgan fingerprint density at radius 1 is 1.42 bits per heavy atom. The van der Waals surface area contributed by atoms with E-state index in [2.05, 4.69) is 5.32 Å². The van der Waals surface area contributed by atoms with Gasteiger partial charge in [0.1, 0.15) is 5.75 Å². The van der Waals surface area contributed by atoms with E-state index in [1.807, 2.05) is 31.2 Å². The quantitative estimate of drug-likeness (QED) is 0.869. The van der Waals surface area contributed by atoms with Gasteiger partial charge in [-0.05, 0) is 37.5 Å². The summed E-state index contributed by atoms with van der Waals surface area (Å²) in [6.45, 7) is 1.84. The zero-order chi connectivity index (χ0) is 13.2. The molecule has 1 aliphatic rings. The Labute approximate surface area is 120 Å². The molecule has 1 fully saturated rings. The molecule has 106 valence electrons. The van der Waals surface area contributed by atoms with Gasteiger partial charge in [-0.3, -0.25) is 4.79 Å². The molecule has 0 aliphatic heterocycles. The van der Waals surface area contributed by atoms with Gasteiger partial charge in [0, 0.05) is 12.5 Å². The second-order valence-corrected chi connectivity index (χ2v) is 5.04. The minimum Gasteiger partial charge on any atom is -0.497 e. The average Bonchev–Trinajstić information content (AvgIpc) is 3.09. The molecule has 0 aromatic heterocycles. The number of rotatable bonds is 5. The number of amides is 1. The van der Waals surface area contributed by atoms with Crippen molar-refractivity contribution in [2.45, 2.75) is 37.8 Å². The topological polar surface area (TPSA) is 64.3 Å². The number of hydrogen-bond donors (Lipinski definition) is 2. The fourth-order valence-electron chi connectivity index (χ4n) is 2.13. The molecule has 1 aliphatic carbocycles. The molecule has 1 amide bonds. The Morgan fingerprint density at radius 3 is 2.42 bits per heavy atom. The number of nitrogens with one attached hydrogen (secondary N) is 1. The Hall–Kier alpha value is -1.26. The Balaban J connectivity index is 0.00000180. The molecule has 1 atom stereocenters. The molecule has 0 bridgehead atoms. The largest absolute Gasteiger partial charge is 0.497 e. The van der Waals surface area contributed by atoms with Gasteiger partial charge in [-0.25, -0.2) is 0 Å². The third kappa shape index (κ3) is 3.85. The van der Waals surface area contributed by atoms with E-state index in [1.165, 1.54) is 0 Å². The van der Waals surface area contributed by atoms with Crippen molar-refractivity contribution in [3.8, 4) is 5.75 Å². The summed E-state index contributed by atoms with van der Waals surface area (Å²) >= 11 is 0. The molecule has 1 aromatic carbocycles. The first-order chi connectivity index (χ1) is 8.55. The van der Waals surface area contributed by atoms with E-state index in [1.54, 1.807) is 7.11 Å². The van der Waals surface area contributed by atoms with Crippen molar-refractivity contribution in [3.63, 3.8) is 0 Å². The minimum absolute atomic E-state index is 0. The van der Waals surface area contributed by atoms with Crippen molar-refractivity contribution in [2.75, 3.05) is 7.11 Å². The fraction of sp³-hybridized carbons (Fsp3) is 0.500. The molecule has 5 heteroatoms. The number of nitrogens with two attached hydrogens (primary N) is 1. The predicted molar refractivity (Wildman–Crippen MR) is 77.6 cm³/mol. The summed E-state index contributed by atoms with van der Waals surface area (Å²) in [4.78, 5) is 11.8. The molecular weight excluding hydrogens is 264 g/mol. The maximum absolute atomic E-state index is 11.8. The fourth-order valence-corrected chi connectivity index (χ4v) is 2.13. The highest BCUT2D eigenvalue weighted by atomic mass is 35.5. The lowest BCUT2D eigenvalue weighted by atomic mass is 10.0. The van der Waals surface area contributed by atoms with Gasteiger partial charge in [-0.2, -0.15) is 0 Å². The van der Waals surface area contributed by atoms with Crippen molar-refractivity contribution < 1.29 is 9.53 Å². The predicted octanol–water partition coefficient (Wildman–Crippen LogP) is 1.96. The molecule has 2 rings (SSSR count). The van der Waals surface area contributed by atoms with Gasteiger partial charge < -0.3 is 15.8 Å². The van der Waals surface area contributed by atoms with Crippen molar-refractivity contribution >= 4 is 18.3 Å². The highest BCUT2D eigenvalue weighted by Gasteiger charge is 2.45. The summed E-state index contributed by atoms with van der Waals surface area (Å²) in [7, 11) is 1.65. The second-order valence-electron chi connectivity index (χ2n) is 5.04. The molecule has 0 saturated heterocycles. The number of methoxy groups -OCH3 is 1. The molecule has 0 heterocycles. The highest BCUT2D eigenvalue weighted by molar-refractivity contribution is 5.85. The monoisotopic (exact) mass is 284 g/mol. The van der Waals surface area contributed by atoms with Crippen LogP contribution in [0.5, 0.6) is 5.75 Å². The molecular formula is C14H21ClN2O2. The SMILES string of the molecule is COc1ccc(C2(NC(=O)CC(C)N)CC2)cc1.Cl. The molecule has 1 aromatic rings. The number of carbonyl (C=O) groups excluding carboxylic acids is 1. The van der Waals surface area contributed by atoms with Gasteiger partial charge >= 0.3 is 0 Å². The number of carbonyl (C=O) groups is 1. The summed E-state index contributed by atoms with van der Waals surface area (Å²) in [5.41, 5.74) is 6.60. The van der Waals surface area contributed by atoms with Crippen molar-refractivity contribution in [1.82, 2.24) is 5.32 Å². The molecule has 19 heavy (non-hydrogen) atoms. The summed E-state index contributed by atoms with van der Waals surface area (Å²) in [5.74, 6) is 0.856. The first kappa shape index (κ1) is 15.8. The number of halogens is 1. The van der Waals surface area contributed by atoms with Gasteiger partial charge in [-0.15, -0.1) is 12.4 Å². The number of hydrogen-bond acceptors (Lipinski definition) is 3. The minimum atomic E-state index is -0.168. The lowest BCUT2D eigenvalue weighted by Gasteiger charge is -2.19. The first-order valence-electron chi connectivity index (χ1n) is 6.27. The Morgan fingerprint density at radius 2 is 2.00 bits per heavy atom. The summed E-state index contributed by atoms with van der Waals surface area (Å²) in [6.07, 6.45) is 2.35. The van der Waals surface area contributed by atoms with E-state index in [0.717, 1.165) is 24.2 Å². The number of ether oxygens (including phenoxy) is 1. The normalized spacial score (nSPS) is 17.0. The maximum Gasteiger partial charge on any atom is 0.222 e. The highest BCUT2D eigenvalue weighted by Crippen LogP contribution is 2.45. The van der Waals surface area contributed by atoms with E-state index in [4.69, 9.17) is 10.5 Å². The zero-order valence-corrected chi connectivity index (χ0v) is 12.1. The van der Waals surface area contributed by atoms with Crippen LogP contribution in [0.25, 0.3) is 0 Å². The third-order valence-corrected chi connectivity index (χ3v) is 3.28. The van der Waals surface area contributed by atoms with Crippen LogP contribution in [0.1, 0.15) is 31.7 Å². The van der Waals surface area contributed by atoms with Gasteiger partial charge in [0.05, 0.1) is 12.6 Å². The smallest absolute Gasteiger partial charge is 0.222 e. The zero-order valence-electron chi connectivity index (χ0n) is 11.3. The van der Waals surface area contributed by atoms with Crippen LogP contribution in [0.4, 0.5) is 0 Å². The maximum atomic E-state index is 11.8.